The van der Waals surface area contributed by atoms with Crippen LogP contribution in [0, 0.1) is 0 Å². The van der Waals surface area contributed by atoms with Crippen molar-refractivity contribution in [3.05, 3.63) is 29.8 Å². The Kier molecular flexibility index (Phi) is 4.23. The van der Waals surface area contributed by atoms with Crippen molar-refractivity contribution in [1.82, 2.24) is 4.90 Å². The lowest BCUT2D eigenvalue weighted by Gasteiger charge is -2.44. The fraction of sp³-hybridized carbons (Fsp3) is 0.667. The Morgan fingerprint density at radius 1 is 1.19 bits per heavy atom. The third kappa shape index (κ3) is 3.41. The minimum atomic E-state index is -0.0153. The van der Waals surface area contributed by atoms with E-state index in [1.807, 2.05) is 6.07 Å². The van der Waals surface area contributed by atoms with Crippen LogP contribution in [0.1, 0.15) is 57.6 Å². The SMILES string of the molecule is CC(C)(C(N)c1cccc(OC2CC2)c1)N1CCCCC1. The number of benzene rings is 1. The maximum atomic E-state index is 6.62. The highest BCUT2D eigenvalue weighted by molar-refractivity contribution is 5.32. The van der Waals surface area contributed by atoms with Gasteiger partial charge in [-0.05, 0) is 70.3 Å². The van der Waals surface area contributed by atoms with Crippen LogP contribution in [0.4, 0.5) is 0 Å². The average molecular weight is 288 g/mol. The molecule has 1 unspecified atom stereocenters. The summed E-state index contributed by atoms with van der Waals surface area (Å²) in [7, 11) is 0. The molecule has 2 N–H and O–H groups in total. The molecule has 1 aromatic carbocycles. The van der Waals surface area contributed by atoms with Crippen LogP contribution < -0.4 is 10.5 Å². The molecule has 3 nitrogen and oxygen atoms in total. The second kappa shape index (κ2) is 5.98. The van der Waals surface area contributed by atoms with E-state index < -0.39 is 0 Å². The smallest absolute Gasteiger partial charge is 0.120 e. The van der Waals surface area contributed by atoms with Crippen LogP contribution in [-0.4, -0.2) is 29.6 Å². The molecule has 0 amide bonds. The van der Waals surface area contributed by atoms with Crippen LogP contribution in [0.5, 0.6) is 5.75 Å². The van der Waals surface area contributed by atoms with Gasteiger partial charge in [0.2, 0.25) is 0 Å². The number of nitrogens with zero attached hydrogens (tertiary/aromatic N) is 1. The maximum absolute atomic E-state index is 6.62. The molecule has 1 atom stereocenters. The van der Waals surface area contributed by atoms with Gasteiger partial charge in [0.15, 0.2) is 0 Å². The van der Waals surface area contributed by atoms with Gasteiger partial charge in [-0.2, -0.15) is 0 Å². The molecule has 0 aromatic heterocycles. The van der Waals surface area contributed by atoms with Gasteiger partial charge >= 0.3 is 0 Å². The van der Waals surface area contributed by atoms with Crippen LogP contribution in [0.3, 0.4) is 0 Å². The van der Waals surface area contributed by atoms with Gasteiger partial charge in [0.05, 0.1) is 6.10 Å². The van der Waals surface area contributed by atoms with E-state index in [-0.39, 0.29) is 11.6 Å². The lowest BCUT2D eigenvalue weighted by Crippen LogP contribution is -2.53. The van der Waals surface area contributed by atoms with Crippen molar-refractivity contribution in [1.29, 1.82) is 0 Å². The van der Waals surface area contributed by atoms with E-state index in [1.165, 1.54) is 50.8 Å². The van der Waals surface area contributed by atoms with Gasteiger partial charge < -0.3 is 10.5 Å². The summed E-state index contributed by atoms with van der Waals surface area (Å²) < 4.78 is 5.91. The van der Waals surface area contributed by atoms with Gasteiger partial charge in [0.25, 0.3) is 0 Å². The quantitative estimate of drug-likeness (QED) is 0.901. The molecule has 0 spiro atoms. The molecule has 1 aliphatic heterocycles. The number of hydrogen-bond donors (Lipinski definition) is 1. The Balaban J connectivity index is 1.74. The van der Waals surface area contributed by atoms with E-state index in [0.717, 1.165) is 5.75 Å². The first-order chi connectivity index (χ1) is 10.1. The standard InChI is InChI=1S/C18H28N2O/c1-18(2,20-11-4-3-5-12-20)17(19)14-7-6-8-16(13-14)21-15-9-10-15/h6-8,13,15,17H,3-5,9-12,19H2,1-2H3. The van der Waals surface area contributed by atoms with E-state index in [2.05, 4.69) is 36.9 Å². The lowest BCUT2D eigenvalue weighted by atomic mass is 9.86. The molecular weight excluding hydrogens is 260 g/mol. The van der Waals surface area contributed by atoms with Gasteiger partial charge in [-0.15, -0.1) is 0 Å². The Labute approximate surface area is 128 Å². The molecule has 1 aliphatic carbocycles. The van der Waals surface area contributed by atoms with E-state index in [4.69, 9.17) is 10.5 Å². The molecule has 2 fully saturated rings. The van der Waals surface area contributed by atoms with Gasteiger partial charge in [0, 0.05) is 11.6 Å². The van der Waals surface area contributed by atoms with Crippen molar-refractivity contribution in [3.8, 4) is 5.75 Å². The zero-order valence-electron chi connectivity index (χ0n) is 13.3. The van der Waals surface area contributed by atoms with Crippen molar-refractivity contribution >= 4 is 0 Å². The first-order valence-electron chi connectivity index (χ1n) is 8.34. The van der Waals surface area contributed by atoms with Crippen LogP contribution >= 0.6 is 0 Å². The van der Waals surface area contributed by atoms with Crippen LogP contribution in [-0.2, 0) is 0 Å². The molecular formula is C18H28N2O. The maximum Gasteiger partial charge on any atom is 0.120 e. The second-order valence-electron chi connectivity index (χ2n) is 7.07. The molecule has 21 heavy (non-hydrogen) atoms. The Morgan fingerprint density at radius 2 is 1.90 bits per heavy atom. The molecule has 1 heterocycles. The van der Waals surface area contributed by atoms with E-state index in [0.29, 0.717) is 6.10 Å². The van der Waals surface area contributed by atoms with Crippen molar-refractivity contribution in [2.24, 2.45) is 5.73 Å². The van der Waals surface area contributed by atoms with Crippen molar-refractivity contribution in [3.63, 3.8) is 0 Å². The minimum Gasteiger partial charge on any atom is -0.490 e. The summed E-state index contributed by atoms with van der Waals surface area (Å²) in [4.78, 5) is 2.55. The largest absolute Gasteiger partial charge is 0.490 e. The molecule has 1 saturated carbocycles. The van der Waals surface area contributed by atoms with Crippen LogP contribution in [0.25, 0.3) is 0 Å². The lowest BCUT2D eigenvalue weighted by molar-refractivity contribution is 0.0729. The number of hydrogen-bond acceptors (Lipinski definition) is 3. The summed E-state index contributed by atoms with van der Waals surface area (Å²) in [5.41, 5.74) is 7.79. The minimum absolute atomic E-state index is 0.0124. The number of nitrogens with two attached hydrogens (primary N) is 1. The van der Waals surface area contributed by atoms with E-state index in [9.17, 15) is 0 Å². The first kappa shape index (κ1) is 14.9. The zero-order chi connectivity index (χ0) is 14.9. The highest BCUT2D eigenvalue weighted by Gasteiger charge is 2.35. The summed E-state index contributed by atoms with van der Waals surface area (Å²) in [6, 6.07) is 8.39. The van der Waals surface area contributed by atoms with Crippen LogP contribution in [0.2, 0.25) is 0 Å². The molecule has 1 aromatic rings. The second-order valence-corrected chi connectivity index (χ2v) is 7.07. The highest BCUT2D eigenvalue weighted by atomic mass is 16.5. The van der Waals surface area contributed by atoms with E-state index >= 15 is 0 Å². The number of rotatable bonds is 5. The van der Waals surface area contributed by atoms with E-state index in [1.54, 1.807) is 0 Å². The Bertz CT molecular complexity index is 476. The Hall–Kier alpha value is -1.06. The monoisotopic (exact) mass is 288 g/mol. The predicted molar refractivity (Wildman–Crippen MR) is 86.5 cm³/mol. The zero-order valence-corrected chi connectivity index (χ0v) is 13.3. The van der Waals surface area contributed by atoms with Crippen molar-refractivity contribution in [2.75, 3.05) is 13.1 Å². The summed E-state index contributed by atoms with van der Waals surface area (Å²) in [6.07, 6.45) is 6.76. The van der Waals surface area contributed by atoms with Gasteiger partial charge in [-0.3, -0.25) is 4.90 Å². The molecule has 3 heteroatoms. The third-order valence-electron chi connectivity index (χ3n) is 4.98. The average Bonchev–Trinajstić information content (AvgIpc) is 3.31. The molecule has 0 radical (unpaired) electrons. The first-order valence-corrected chi connectivity index (χ1v) is 8.34. The summed E-state index contributed by atoms with van der Waals surface area (Å²) in [5, 5.41) is 0. The number of likely N-dealkylation sites (tertiary alicyclic amines) is 1. The normalized spacial score (nSPS) is 22.0. The summed E-state index contributed by atoms with van der Waals surface area (Å²) >= 11 is 0. The fourth-order valence-corrected chi connectivity index (χ4v) is 3.23. The molecule has 0 bridgehead atoms. The third-order valence-corrected chi connectivity index (χ3v) is 4.98. The Morgan fingerprint density at radius 3 is 2.57 bits per heavy atom. The van der Waals surface area contributed by atoms with Crippen molar-refractivity contribution in [2.45, 2.75) is 63.6 Å². The fourth-order valence-electron chi connectivity index (χ4n) is 3.23. The molecule has 1 saturated heterocycles. The van der Waals surface area contributed by atoms with Crippen molar-refractivity contribution < 1.29 is 4.74 Å². The van der Waals surface area contributed by atoms with Gasteiger partial charge in [-0.1, -0.05) is 18.6 Å². The predicted octanol–water partition coefficient (Wildman–Crippen LogP) is 3.49. The highest BCUT2D eigenvalue weighted by Crippen LogP contribution is 2.34. The molecule has 3 rings (SSSR count). The topological polar surface area (TPSA) is 38.5 Å². The van der Waals surface area contributed by atoms with Gasteiger partial charge in [0.1, 0.15) is 5.75 Å². The molecule has 116 valence electrons. The summed E-state index contributed by atoms with van der Waals surface area (Å²) in [6.45, 7) is 6.88. The number of piperidine rings is 1. The van der Waals surface area contributed by atoms with Crippen LogP contribution in [0.15, 0.2) is 24.3 Å². The summed E-state index contributed by atoms with van der Waals surface area (Å²) in [5.74, 6) is 0.972. The number of ether oxygens (including phenoxy) is 1. The van der Waals surface area contributed by atoms with Gasteiger partial charge in [-0.25, -0.2) is 0 Å². The molecule has 2 aliphatic rings.